The molecule has 0 fully saturated rings. The van der Waals surface area contributed by atoms with Crippen molar-refractivity contribution in [3.63, 3.8) is 0 Å². The van der Waals surface area contributed by atoms with Crippen LogP contribution in [0.5, 0.6) is 0 Å². The van der Waals surface area contributed by atoms with Crippen LogP contribution < -0.4 is 5.73 Å². The van der Waals surface area contributed by atoms with Gasteiger partial charge in [-0.25, -0.2) is 14.4 Å². The van der Waals surface area contributed by atoms with Gasteiger partial charge in [0.05, 0.1) is 21.7 Å². The molecule has 0 bridgehead atoms. The van der Waals surface area contributed by atoms with Crippen molar-refractivity contribution >= 4 is 32.9 Å². The van der Waals surface area contributed by atoms with Crippen LogP contribution in [0.15, 0.2) is 27.2 Å². The molecule has 0 aliphatic heterocycles. The van der Waals surface area contributed by atoms with Crippen LogP contribution in [-0.4, -0.2) is 14.5 Å². The summed E-state index contributed by atoms with van der Waals surface area (Å²) >= 11 is 3.13. The standard InChI is InChI=1S/C13H12BrFN4O/c1-2-7-5-17-12(20-7)6-19-11-4-9(15)8(14)3-10(11)18-13(19)16/h3-5H,2,6H2,1H3,(H2,16,18). The summed E-state index contributed by atoms with van der Waals surface area (Å²) in [5.74, 6) is 1.27. The van der Waals surface area contributed by atoms with E-state index >= 15 is 0 Å². The third-order valence-corrected chi connectivity index (χ3v) is 3.67. The predicted octanol–water partition coefficient (Wildman–Crippen LogP) is 3.12. The van der Waals surface area contributed by atoms with E-state index in [-0.39, 0.29) is 5.82 Å². The number of nitrogens with zero attached hydrogens (tertiary/aromatic N) is 3. The Balaban J connectivity index is 2.06. The molecule has 0 radical (unpaired) electrons. The smallest absolute Gasteiger partial charge is 0.214 e. The summed E-state index contributed by atoms with van der Waals surface area (Å²) in [6.45, 7) is 2.31. The minimum absolute atomic E-state index is 0.300. The summed E-state index contributed by atoms with van der Waals surface area (Å²) < 4.78 is 21.3. The largest absolute Gasteiger partial charge is 0.444 e. The summed E-state index contributed by atoms with van der Waals surface area (Å²) in [5.41, 5.74) is 7.12. The van der Waals surface area contributed by atoms with Gasteiger partial charge in [-0.15, -0.1) is 0 Å². The summed E-state index contributed by atoms with van der Waals surface area (Å²) in [6.07, 6.45) is 2.45. The first-order chi connectivity index (χ1) is 9.58. The number of aryl methyl sites for hydroxylation is 1. The molecule has 0 spiro atoms. The molecule has 0 unspecified atom stereocenters. The van der Waals surface area contributed by atoms with E-state index in [1.54, 1.807) is 16.8 Å². The van der Waals surface area contributed by atoms with Crippen molar-refractivity contribution in [2.75, 3.05) is 5.73 Å². The highest BCUT2D eigenvalue weighted by atomic mass is 79.9. The maximum absolute atomic E-state index is 13.7. The van der Waals surface area contributed by atoms with Gasteiger partial charge in [0.2, 0.25) is 11.8 Å². The highest BCUT2D eigenvalue weighted by molar-refractivity contribution is 9.10. The molecule has 3 aromatic rings. The Morgan fingerprint density at radius 3 is 2.95 bits per heavy atom. The Morgan fingerprint density at radius 2 is 2.25 bits per heavy atom. The Labute approximate surface area is 122 Å². The minimum Gasteiger partial charge on any atom is -0.444 e. The van der Waals surface area contributed by atoms with Crippen molar-refractivity contribution in [2.24, 2.45) is 0 Å². The lowest BCUT2D eigenvalue weighted by Crippen LogP contribution is -2.04. The van der Waals surface area contributed by atoms with E-state index in [0.717, 1.165) is 12.2 Å². The molecule has 2 heterocycles. The Bertz CT molecular complexity index is 780. The van der Waals surface area contributed by atoms with Gasteiger partial charge >= 0.3 is 0 Å². The van der Waals surface area contributed by atoms with E-state index in [2.05, 4.69) is 25.9 Å². The van der Waals surface area contributed by atoms with Crippen LogP contribution in [0.4, 0.5) is 10.3 Å². The predicted molar refractivity (Wildman–Crippen MR) is 76.8 cm³/mol. The molecule has 0 atom stereocenters. The fraction of sp³-hybridized carbons (Fsp3) is 0.231. The van der Waals surface area contributed by atoms with Crippen LogP contribution in [-0.2, 0) is 13.0 Å². The van der Waals surface area contributed by atoms with Gasteiger partial charge < -0.3 is 14.7 Å². The van der Waals surface area contributed by atoms with Gasteiger partial charge in [0, 0.05) is 12.5 Å². The molecular formula is C13H12BrFN4O. The van der Waals surface area contributed by atoms with E-state index in [0.29, 0.717) is 33.9 Å². The zero-order chi connectivity index (χ0) is 14.3. The molecule has 0 aliphatic carbocycles. The number of nitrogen functional groups attached to an aromatic ring is 1. The lowest BCUT2D eigenvalue weighted by molar-refractivity contribution is 0.449. The van der Waals surface area contributed by atoms with Gasteiger partial charge in [-0.1, -0.05) is 6.92 Å². The number of imidazole rings is 1. The molecule has 5 nitrogen and oxygen atoms in total. The first-order valence-electron chi connectivity index (χ1n) is 6.12. The minimum atomic E-state index is -0.361. The summed E-state index contributed by atoms with van der Waals surface area (Å²) in [4.78, 5) is 8.39. The number of aromatic nitrogens is 3. The Morgan fingerprint density at radius 1 is 1.45 bits per heavy atom. The van der Waals surface area contributed by atoms with Gasteiger partial charge in [0.1, 0.15) is 18.1 Å². The Kier molecular flexibility index (Phi) is 3.21. The normalized spacial score (nSPS) is 11.3. The van der Waals surface area contributed by atoms with Crippen molar-refractivity contribution < 1.29 is 8.81 Å². The highest BCUT2D eigenvalue weighted by Crippen LogP contribution is 2.25. The number of halogens is 2. The second kappa shape index (κ2) is 4.90. The van der Waals surface area contributed by atoms with Crippen LogP contribution in [0.3, 0.4) is 0 Å². The lowest BCUT2D eigenvalue weighted by Gasteiger charge is -2.03. The molecule has 2 aromatic heterocycles. The van der Waals surface area contributed by atoms with Crippen molar-refractivity contribution in [3.8, 4) is 0 Å². The SMILES string of the molecule is CCc1cnc(Cn2c(N)nc3cc(Br)c(F)cc32)o1. The maximum atomic E-state index is 13.7. The number of rotatable bonds is 3. The molecule has 104 valence electrons. The monoisotopic (exact) mass is 338 g/mol. The molecule has 20 heavy (non-hydrogen) atoms. The van der Waals surface area contributed by atoms with Crippen LogP contribution in [0.2, 0.25) is 0 Å². The number of oxazole rings is 1. The number of hydrogen-bond acceptors (Lipinski definition) is 4. The van der Waals surface area contributed by atoms with Crippen LogP contribution in [0.1, 0.15) is 18.6 Å². The third-order valence-electron chi connectivity index (χ3n) is 3.06. The van der Waals surface area contributed by atoms with Crippen LogP contribution in [0.25, 0.3) is 11.0 Å². The number of nitrogens with two attached hydrogens (primary N) is 1. The van der Waals surface area contributed by atoms with Crippen molar-refractivity contribution in [2.45, 2.75) is 19.9 Å². The van der Waals surface area contributed by atoms with Gasteiger partial charge in [-0.05, 0) is 22.0 Å². The van der Waals surface area contributed by atoms with Gasteiger partial charge in [0.15, 0.2) is 0 Å². The quantitative estimate of drug-likeness (QED) is 0.796. The van der Waals surface area contributed by atoms with Crippen molar-refractivity contribution in [3.05, 3.63) is 40.3 Å². The zero-order valence-corrected chi connectivity index (χ0v) is 12.3. The highest BCUT2D eigenvalue weighted by Gasteiger charge is 2.14. The first kappa shape index (κ1) is 13.1. The second-order valence-corrected chi connectivity index (χ2v) is 5.24. The average Bonchev–Trinajstić information content (AvgIpc) is 2.98. The molecule has 0 saturated carbocycles. The molecular weight excluding hydrogens is 327 g/mol. The molecule has 1 aromatic carbocycles. The fourth-order valence-corrected chi connectivity index (χ4v) is 2.36. The van der Waals surface area contributed by atoms with Crippen LogP contribution in [0, 0.1) is 5.82 Å². The van der Waals surface area contributed by atoms with Crippen molar-refractivity contribution in [1.82, 2.24) is 14.5 Å². The van der Waals surface area contributed by atoms with Crippen molar-refractivity contribution in [1.29, 1.82) is 0 Å². The Hall–Kier alpha value is -1.89. The van der Waals surface area contributed by atoms with Crippen LogP contribution >= 0.6 is 15.9 Å². The van der Waals surface area contributed by atoms with Gasteiger partial charge in [-0.3, -0.25) is 0 Å². The summed E-state index contributed by atoms with van der Waals surface area (Å²) in [5, 5.41) is 0. The molecule has 0 amide bonds. The van der Waals surface area contributed by atoms with E-state index in [4.69, 9.17) is 10.2 Å². The molecule has 3 rings (SSSR count). The molecule has 0 saturated heterocycles. The number of anilines is 1. The van der Waals surface area contributed by atoms with E-state index < -0.39 is 0 Å². The maximum Gasteiger partial charge on any atom is 0.214 e. The summed E-state index contributed by atoms with van der Waals surface area (Å²) in [7, 11) is 0. The van der Waals surface area contributed by atoms with E-state index in [1.807, 2.05) is 6.92 Å². The molecule has 7 heteroatoms. The first-order valence-corrected chi connectivity index (χ1v) is 6.92. The zero-order valence-electron chi connectivity index (χ0n) is 10.7. The van der Waals surface area contributed by atoms with Gasteiger partial charge in [0.25, 0.3) is 0 Å². The second-order valence-electron chi connectivity index (χ2n) is 4.39. The third kappa shape index (κ3) is 2.18. The number of fused-ring (bicyclic) bond motifs is 1. The van der Waals surface area contributed by atoms with E-state index in [9.17, 15) is 4.39 Å². The van der Waals surface area contributed by atoms with Gasteiger partial charge in [-0.2, -0.15) is 0 Å². The average molecular weight is 339 g/mol. The number of benzene rings is 1. The summed E-state index contributed by atoms with van der Waals surface area (Å²) in [6, 6.07) is 3.00. The lowest BCUT2D eigenvalue weighted by atomic mass is 10.3. The van der Waals surface area contributed by atoms with E-state index in [1.165, 1.54) is 6.07 Å². The molecule has 2 N–H and O–H groups in total. The number of hydrogen-bond donors (Lipinski definition) is 1. The topological polar surface area (TPSA) is 69.9 Å². The fourth-order valence-electron chi connectivity index (χ4n) is 2.02. The molecule has 0 aliphatic rings.